The number of aryl methyl sites for hydroxylation is 3. The van der Waals surface area contributed by atoms with Gasteiger partial charge >= 0.3 is 5.97 Å². The van der Waals surface area contributed by atoms with Crippen molar-refractivity contribution < 1.29 is 23.1 Å². The van der Waals surface area contributed by atoms with Gasteiger partial charge in [-0.25, -0.2) is 13.4 Å². The van der Waals surface area contributed by atoms with Gasteiger partial charge in [-0.1, -0.05) is 60.7 Å². The third kappa shape index (κ3) is 6.79. The van der Waals surface area contributed by atoms with E-state index < -0.39 is 34.5 Å². The minimum atomic E-state index is -4.25. The van der Waals surface area contributed by atoms with Crippen molar-refractivity contribution in [2.45, 2.75) is 37.8 Å². The van der Waals surface area contributed by atoms with Gasteiger partial charge in [0.25, 0.3) is 5.91 Å². The molecule has 0 saturated carbocycles. The number of amides is 1. The zero-order chi connectivity index (χ0) is 31.3. The molecule has 5 rings (SSSR count). The molecular formula is C31H33N7O5S. The van der Waals surface area contributed by atoms with E-state index in [1.165, 1.54) is 0 Å². The zero-order valence-corrected chi connectivity index (χ0v) is 25.1. The molecule has 0 aliphatic rings. The van der Waals surface area contributed by atoms with E-state index >= 15 is 0 Å². The molecule has 0 aliphatic heterocycles. The van der Waals surface area contributed by atoms with E-state index in [0.717, 1.165) is 16.6 Å². The average Bonchev–Trinajstić information content (AvgIpc) is 3.65. The number of nitrogens with one attached hydrogen (secondary N) is 4. The summed E-state index contributed by atoms with van der Waals surface area (Å²) in [5, 5.41) is 20.7. The number of imidazole rings is 1. The van der Waals surface area contributed by atoms with Crippen LogP contribution < -0.4 is 15.4 Å². The fourth-order valence-electron chi connectivity index (χ4n) is 5.14. The van der Waals surface area contributed by atoms with Crippen LogP contribution in [0.1, 0.15) is 28.0 Å². The molecule has 0 radical (unpaired) electrons. The second-order valence-corrected chi connectivity index (χ2v) is 12.0. The Balaban J connectivity index is 1.28. The number of benzene rings is 3. The second-order valence-electron chi connectivity index (χ2n) is 10.3. The highest BCUT2D eigenvalue weighted by atomic mass is 32.2. The van der Waals surface area contributed by atoms with Crippen LogP contribution in [0.15, 0.2) is 84.0 Å². The van der Waals surface area contributed by atoms with Crippen LogP contribution in [-0.2, 0) is 21.4 Å². The van der Waals surface area contributed by atoms with Crippen LogP contribution in [0.4, 0.5) is 5.95 Å². The van der Waals surface area contributed by atoms with Crippen molar-refractivity contribution in [3.63, 3.8) is 0 Å². The first-order valence-corrected chi connectivity index (χ1v) is 15.5. The number of para-hydroxylation sites is 1. The Hall–Kier alpha value is -5.01. The molecule has 0 saturated heterocycles. The standard InChI is InChI=1S/C31H33N7O5S/c1-20-17-23(22-9-4-3-5-10-22)18-21(2)28(20)44(42,43)37-25(30(40)41)19-35-29(39)27-24-11-6-7-12-26(24)38(36-27)16-8-13-32-31-33-14-15-34-31/h3-7,9-12,14-15,17-18,25,37H,8,13,16,19H2,1-2H3,(H,35,39)(H,40,41)(H2,32,33,34)/t25-/m0/s1. The van der Waals surface area contributed by atoms with Gasteiger partial charge in [0.1, 0.15) is 6.04 Å². The summed E-state index contributed by atoms with van der Waals surface area (Å²) in [7, 11) is -4.25. The molecule has 13 heteroatoms. The van der Waals surface area contributed by atoms with Crippen molar-refractivity contribution in [2.75, 3.05) is 18.4 Å². The summed E-state index contributed by atoms with van der Waals surface area (Å²) >= 11 is 0. The number of rotatable bonds is 13. The molecule has 44 heavy (non-hydrogen) atoms. The number of nitrogens with zero attached hydrogens (tertiary/aromatic N) is 3. The zero-order valence-electron chi connectivity index (χ0n) is 24.2. The molecule has 0 aliphatic carbocycles. The molecule has 2 heterocycles. The smallest absolute Gasteiger partial charge is 0.323 e. The van der Waals surface area contributed by atoms with Crippen molar-refractivity contribution in [3.8, 4) is 11.1 Å². The lowest BCUT2D eigenvalue weighted by Crippen LogP contribution is -2.48. The van der Waals surface area contributed by atoms with Crippen LogP contribution in [0, 0.1) is 13.8 Å². The maximum atomic E-state index is 13.4. The van der Waals surface area contributed by atoms with Gasteiger partial charge in [0.05, 0.1) is 10.4 Å². The Bertz CT molecular complexity index is 1860. The number of aliphatic carboxylic acids is 1. The lowest BCUT2D eigenvalue weighted by atomic mass is 10.0. The number of carbonyl (C=O) groups excluding carboxylic acids is 1. The summed E-state index contributed by atoms with van der Waals surface area (Å²) in [4.78, 5) is 32.4. The van der Waals surface area contributed by atoms with E-state index in [1.807, 2.05) is 42.5 Å². The van der Waals surface area contributed by atoms with Crippen molar-refractivity contribution in [3.05, 3.63) is 95.9 Å². The number of hydrogen-bond donors (Lipinski definition) is 5. The first-order valence-electron chi connectivity index (χ1n) is 14.0. The van der Waals surface area contributed by atoms with Crippen LogP contribution in [0.2, 0.25) is 0 Å². The maximum Gasteiger partial charge on any atom is 0.323 e. The number of aromatic amines is 1. The lowest BCUT2D eigenvalue weighted by molar-refractivity contribution is -0.138. The van der Waals surface area contributed by atoms with Crippen LogP contribution in [0.25, 0.3) is 22.0 Å². The molecule has 3 aromatic carbocycles. The van der Waals surface area contributed by atoms with Crippen molar-refractivity contribution >= 4 is 38.8 Å². The monoisotopic (exact) mass is 615 g/mol. The number of carbonyl (C=O) groups is 2. The summed E-state index contributed by atoms with van der Waals surface area (Å²) in [6, 6.07) is 18.7. The summed E-state index contributed by atoms with van der Waals surface area (Å²) in [6.07, 6.45) is 4.07. The minimum absolute atomic E-state index is 0.000955. The van der Waals surface area contributed by atoms with E-state index in [4.69, 9.17) is 0 Å². The predicted molar refractivity (Wildman–Crippen MR) is 167 cm³/mol. The van der Waals surface area contributed by atoms with Crippen LogP contribution in [0.5, 0.6) is 0 Å². The highest BCUT2D eigenvalue weighted by molar-refractivity contribution is 7.89. The number of carboxylic acid groups (broad SMARTS) is 1. The van der Waals surface area contributed by atoms with Crippen molar-refractivity contribution in [1.29, 1.82) is 0 Å². The molecule has 1 atom stereocenters. The Morgan fingerprint density at radius 1 is 1.00 bits per heavy atom. The van der Waals surface area contributed by atoms with Gasteiger partial charge in [0.2, 0.25) is 10.0 Å². The van der Waals surface area contributed by atoms with Crippen molar-refractivity contribution in [2.24, 2.45) is 0 Å². The Morgan fingerprint density at radius 3 is 2.39 bits per heavy atom. The van der Waals surface area contributed by atoms with Gasteiger partial charge in [-0.15, -0.1) is 0 Å². The van der Waals surface area contributed by atoms with E-state index in [0.29, 0.717) is 42.0 Å². The van der Waals surface area contributed by atoms with Gasteiger partial charge in [-0.2, -0.15) is 9.82 Å². The molecule has 0 fully saturated rings. The first kappa shape index (κ1) is 30.4. The second kappa shape index (κ2) is 13.1. The number of fused-ring (bicyclic) bond motifs is 1. The minimum Gasteiger partial charge on any atom is -0.480 e. The molecule has 5 N–H and O–H groups in total. The predicted octanol–water partition coefficient (Wildman–Crippen LogP) is 3.71. The Labute approximate surface area is 254 Å². The van der Waals surface area contributed by atoms with E-state index in [-0.39, 0.29) is 10.6 Å². The van der Waals surface area contributed by atoms with Gasteiger partial charge in [0, 0.05) is 37.4 Å². The van der Waals surface area contributed by atoms with Gasteiger partial charge < -0.3 is 20.7 Å². The number of sulfonamides is 1. The normalized spacial score (nSPS) is 12.2. The van der Waals surface area contributed by atoms with Gasteiger partial charge in [-0.05, 0) is 48.6 Å². The summed E-state index contributed by atoms with van der Waals surface area (Å²) in [5.74, 6) is -1.38. The number of anilines is 1. The quantitative estimate of drug-likeness (QED) is 0.125. The Kier molecular flexibility index (Phi) is 9.07. The Morgan fingerprint density at radius 2 is 1.70 bits per heavy atom. The SMILES string of the molecule is Cc1cc(-c2ccccc2)cc(C)c1S(=O)(=O)N[C@@H](CNC(=O)c1nn(CCCNc2ncc[nH]2)c2ccccc12)C(=O)O. The maximum absolute atomic E-state index is 13.4. The number of carboxylic acids is 1. The third-order valence-corrected chi connectivity index (χ3v) is 8.89. The largest absolute Gasteiger partial charge is 0.480 e. The summed E-state index contributed by atoms with van der Waals surface area (Å²) < 4.78 is 30.8. The lowest BCUT2D eigenvalue weighted by Gasteiger charge is -2.18. The molecule has 0 bridgehead atoms. The van der Waals surface area contributed by atoms with E-state index in [2.05, 4.69) is 30.4 Å². The highest BCUT2D eigenvalue weighted by Gasteiger charge is 2.29. The highest BCUT2D eigenvalue weighted by Crippen LogP contribution is 2.28. The van der Waals surface area contributed by atoms with Crippen molar-refractivity contribution in [1.82, 2.24) is 29.8 Å². The average molecular weight is 616 g/mol. The molecule has 5 aromatic rings. The fourth-order valence-corrected chi connectivity index (χ4v) is 6.78. The van der Waals surface area contributed by atoms with Crippen LogP contribution in [0.3, 0.4) is 0 Å². The van der Waals surface area contributed by atoms with Gasteiger partial charge in [0.15, 0.2) is 11.6 Å². The molecule has 0 unspecified atom stereocenters. The van der Waals surface area contributed by atoms with Crippen LogP contribution in [-0.4, -0.2) is 64.3 Å². The number of aromatic nitrogens is 4. The first-order chi connectivity index (χ1) is 21.1. The van der Waals surface area contributed by atoms with E-state index in [1.54, 1.807) is 55.2 Å². The molecule has 12 nitrogen and oxygen atoms in total. The summed E-state index contributed by atoms with van der Waals surface area (Å²) in [5.41, 5.74) is 3.59. The topological polar surface area (TPSA) is 171 Å². The molecule has 1 amide bonds. The molecule has 2 aromatic heterocycles. The molecule has 228 valence electrons. The fraction of sp³-hybridized carbons (Fsp3) is 0.226. The number of H-pyrrole nitrogens is 1. The third-order valence-electron chi connectivity index (χ3n) is 7.11. The number of hydrogen-bond acceptors (Lipinski definition) is 7. The molecule has 0 spiro atoms. The summed E-state index contributed by atoms with van der Waals surface area (Å²) in [6.45, 7) is 3.99. The molecular weight excluding hydrogens is 582 g/mol. The van der Waals surface area contributed by atoms with Crippen LogP contribution >= 0.6 is 0 Å². The van der Waals surface area contributed by atoms with E-state index in [9.17, 15) is 23.1 Å². The van der Waals surface area contributed by atoms with Gasteiger partial charge in [-0.3, -0.25) is 14.3 Å².